The monoisotopic (exact) mass is 381 g/mol. The van der Waals surface area contributed by atoms with Gasteiger partial charge >= 0.3 is 0 Å². The summed E-state index contributed by atoms with van der Waals surface area (Å²) in [5.41, 5.74) is 1.36. The lowest BCUT2D eigenvalue weighted by Crippen LogP contribution is -2.30. The van der Waals surface area contributed by atoms with Crippen molar-refractivity contribution in [1.29, 1.82) is 0 Å². The van der Waals surface area contributed by atoms with Crippen molar-refractivity contribution in [3.8, 4) is 5.75 Å². The number of phenolic OH excluding ortho intramolecular Hbond substituents is 1. The molecule has 28 heavy (non-hydrogen) atoms. The Labute approximate surface area is 163 Å². The molecule has 0 saturated heterocycles. The highest BCUT2D eigenvalue weighted by atomic mass is 16.3. The van der Waals surface area contributed by atoms with Crippen molar-refractivity contribution >= 4 is 29.1 Å². The molecule has 0 aliphatic heterocycles. The molecule has 2 aromatic carbocycles. The lowest BCUT2D eigenvalue weighted by molar-refractivity contribution is -0.111. The number of hydrogen-bond acceptors (Lipinski definition) is 4. The van der Waals surface area contributed by atoms with Gasteiger partial charge in [-0.05, 0) is 62.4 Å². The summed E-state index contributed by atoms with van der Waals surface area (Å²) in [4.78, 5) is 37.9. The molecular formula is C21H23N3O4. The molecule has 0 heterocycles. The summed E-state index contributed by atoms with van der Waals surface area (Å²) in [7, 11) is 0. The molecule has 3 amide bonds. The van der Waals surface area contributed by atoms with Crippen LogP contribution in [0.4, 0.5) is 11.4 Å². The van der Waals surface area contributed by atoms with Crippen molar-refractivity contribution in [3.05, 3.63) is 66.2 Å². The van der Waals surface area contributed by atoms with Crippen molar-refractivity contribution in [2.75, 3.05) is 23.7 Å². The number of anilines is 2. The van der Waals surface area contributed by atoms with E-state index in [4.69, 9.17) is 0 Å². The normalized spacial score (nSPS) is 10.1. The first-order valence-corrected chi connectivity index (χ1v) is 8.86. The molecule has 7 nitrogen and oxygen atoms in total. The molecule has 0 atom stereocenters. The Hall–Kier alpha value is -3.61. The van der Waals surface area contributed by atoms with Gasteiger partial charge in [-0.2, -0.15) is 0 Å². The van der Waals surface area contributed by atoms with Gasteiger partial charge in [0.25, 0.3) is 11.8 Å². The third-order valence-electron chi connectivity index (χ3n) is 4.13. The lowest BCUT2D eigenvalue weighted by Gasteiger charge is -2.18. The largest absolute Gasteiger partial charge is 0.507 e. The first-order valence-electron chi connectivity index (χ1n) is 8.86. The SMILES string of the molecule is C=CC(=O)Nc1ccc(O)c(C(=O)Nc2ccc(C(=O)N(CC)CC)cc2)c1. The van der Waals surface area contributed by atoms with E-state index >= 15 is 0 Å². The molecule has 7 heteroatoms. The van der Waals surface area contributed by atoms with E-state index in [1.807, 2.05) is 13.8 Å². The number of nitrogens with one attached hydrogen (secondary N) is 2. The van der Waals surface area contributed by atoms with Gasteiger partial charge in [-0.15, -0.1) is 0 Å². The highest BCUT2D eigenvalue weighted by Gasteiger charge is 2.15. The van der Waals surface area contributed by atoms with Gasteiger partial charge in [0.15, 0.2) is 0 Å². The van der Waals surface area contributed by atoms with Gasteiger partial charge < -0.3 is 20.6 Å². The number of hydrogen-bond donors (Lipinski definition) is 3. The number of phenols is 1. The minimum Gasteiger partial charge on any atom is -0.507 e. The van der Waals surface area contributed by atoms with Crippen LogP contribution < -0.4 is 10.6 Å². The van der Waals surface area contributed by atoms with Gasteiger partial charge in [-0.25, -0.2) is 0 Å². The molecule has 0 spiro atoms. The maximum absolute atomic E-state index is 12.5. The second kappa shape index (κ2) is 9.36. The molecule has 0 radical (unpaired) electrons. The molecule has 0 saturated carbocycles. The Morgan fingerprint density at radius 2 is 1.61 bits per heavy atom. The summed E-state index contributed by atoms with van der Waals surface area (Å²) < 4.78 is 0. The molecule has 0 unspecified atom stereocenters. The summed E-state index contributed by atoms with van der Waals surface area (Å²) in [6.07, 6.45) is 1.10. The van der Waals surface area contributed by atoms with Crippen molar-refractivity contribution in [2.24, 2.45) is 0 Å². The van der Waals surface area contributed by atoms with E-state index in [-0.39, 0.29) is 17.2 Å². The van der Waals surface area contributed by atoms with E-state index in [2.05, 4.69) is 17.2 Å². The van der Waals surface area contributed by atoms with Crippen LogP contribution in [-0.2, 0) is 4.79 Å². The highest BCUT2D eigenvalue weighted by molar-refractivity contribution is 6.08. The number of amides is 3. The predicted molar refractivity (Wildman–Crippen MR) is 109 cm³/mol. The zero-order chi connectivity index (χ0) is 20.7. The number of carbonyl (C=O) groups is 3. The molecule has 2 aromatic rings. The minimum atomic E-state index is -0.546. The van der Waals surface area contributed by atoms with E-state index in [9.17, 15) is 19.5 Å². The van der Waals surface area contributed by atoms with Crippen LogP contribution in [0.15, 0.2) is 55.1 Å². The molecule has 0 fully saturated rings. The zero-order valence-corrected chi connectivity index (χ0v) is 15.9. The summed E-state index contributed by atoms with van der Waals surface area (Å²) in [6, 6.07) is 10.7. The Morgan fingerprint density at radius 1 is 1.00 bits per heavy atom. The summed E-state index contributed by atoms with van der Waals surface area (Å²) in [6.45, 7) is 8.42. The Balaban J connectivity index is 2.14. The summed E-state index contributed by atoms with van der Waals surface area (Å²) in [5, 5.41) is 15.2. The quantitative estimate of drug-likeness (QED) is 0.506. The smallest absolute Gasteiger partial charge is 0.259 e. The number of nitrogens with zero attached hydrogens (tertiary/aromatic N) is 1. The number of carbonyl (C=O) groups excluding carboxylic acids is 3. The van der Waals surface area contributed by atoms with Crippen molar-refractivity contribution in [1.82, 2.24) is 4.90 Å². The molecule has 0 aliphatic carbocycles. The van der Waals surface area contributed by atoms with Gasteiger partial charge in [0, 0.05) is 30.0 Å². The van der Waals surface area contributed by atoms with Crippen LogP contribution in [0.5, 0.6) is 5.75 Å². The van der Waals surface area contributed by atoms with Crippen LogP contribution in [0.2, 0.25) is 0 Å². The van der Waals surface area contributed by atoms with E-state index in [1.165, 1.54) is 18.2 Å². The van der Waals surface area contributed by atoms with E-state index < -0.39 is 11.8 Å². The average Bonchev–Trinajstić information content (AvgIpc) is 2.70. The number of benzene rings is 2. The highest BCUT2D eigenvalue weighted by Crippen LogP contribution is 2.23. The fraction of sp³-hybridized carbons (Fsp3) is 0.190. The van der Waals surface area contributed by atoms with Gasteiger partial charge in [0.1, 0.15) is 5.75 Å². The van der Waals surface area contributed by atoms with Gasteiger partial charge in [0.05, 0.1) is 5.56 Å². The average molecular weight is 381 g/mol. The molecule has 0 aromatic heterocycles. The molecule has 146 valence electrons. The summed E-state index contributed by atoms with van der Waals surface area (Å²) in [5.74, 6) is -1.27. The summed E-state index contributed by atoms with van der Waals surface area (Å²) >= 11 is 0. The second-order valence-electron chi connectivity index (χ2n) is 5.93. The van der Waals surface area contributed by atoms with Crippen LogP contribution in [0.3, 0.4) is 0 Å². The maximum Gasteiger partial charge on any atom is 0.259 e. The molecule has 3 N–H and O–H groups in total. The molecule has 2 rings (SSSR count). The first kappa shape index (κ1) is 20.7. The fourth-order valence-corrected chi connectivity index (χ4v) is 2.58. The minimum absolute atomic E-state index is 0.00477. The molecule has 0 bridgehead atoms. The first-order chi connectivity index (χ1) is 13.4. The maximum atomic E-state index is 12.5. The Kier molecular flexibility index (Phi) is 6.92. The predicted octanol–water partition coefficient (Wildman–Crippen LogP) is 3.25. The van der Waals surface area contributed by atoms with E-state index in [0.29, 0.717) is 30.0 Å². The number of rotatable bonds is 7. The zero-order valence-electron chi connectivity index (χ0n) is 15.9. The van der Waals surface area contributed by atoms with Crippen molar-refractivity contribution in [2.45, 2.75) is 13.8 Å². The fourth-order valence-electron chi connectivity index (χ4n) is 2.58. The van der Waals surface area contributed by atoms with Crippen molar-refractivity contribution < 1.29 is 19.5 Å². The molecule has 0 aliphatic rings. The van der Waals surface area contributed by atoms with Crippen LogP contribution in [0, 0.1) is 0 Å². The van der Waals surface area contributed by atoms with Gasteiger partial charge in [-0.3, -0.25) is 14.4 Å². The number of aromatic hydroxyl groups is 1. The third kappa shape index (κ3) is 4.97. The van der Waals surface area contributed by atoms with Crippen LogP contribution in [0.25, 0.3) is 0 Å². The van der Waals surface area contributed by atoms with Crippen LogP contribution in [0.1, 0.15) is 34.6 Å². The van der Waals surface area contributed by atoms with Gasteiger partial charge in [0.2, 0.25) is 5.91 Å². The standard InChI is InChI=1S/C21H23N3O4/c1-4-19(26)22-16-11-12-18(25)17(13-16)20(27)23-15-9-7-14(8-10-15)21(28)24(5-2)6-3/h4,7-13,25H,1,5-6H2,2-3H3,(H,22,26)(H,23,27). The van der Waals surface area contributed by atoms with E-state index in [1.54, 1.807) is 29.2 Å². The van der Waals surface area contributed by atoms with Gasteiger partial charge in [-0.1, -0.05) is 6.58 Å². The Morgan fingerprint density at radius 3 is 2.18 bits per heavy atom. The second-order valence-corrected chi connectivity index (χ2v) is 5.93. The topological polar surface area (TPSA) is 98.7 Å². The lowest BCUT2D eigenvalue weighted by atomic mass is 10.1. The Bertz CT molecular complexity index is 887. The van der Waals surface area contributed by atoms with E-state index in [0.717, 1.165) is 6.08 Å². The third-order valence-corrected chi connectivity index (χ3v) is 4.13. The molecular weight excluding hydrogens is 358 g/mol. The van der Waals surface area contributed by atoms with Crippen molar-refractivity contribution in [3.63, 3.8) is 0 Å². The van der Waals surface area contributed by atoms with Crippen LogP contribution in [-0.4, -0.2) is 40.8 Å². The van der Waals surface area contributed by atoms with Crippen LogP contribution >= 0.6 is 0 Å².